The molecule has 2 rings (SSSR count). The predicted molar refractivity (Wildman–Crippen MR) is 90.0 cm³/mol. The Morgan fingerprint density at radius 3 is 2.30 bits per heavy atom. The van der Waals surface area contributed by atoms with Gasteiger partial charge in [-0.3, -0.25) is 14.9 Å². The van der Waals surface area contributed by atoms with Crippen LogP contribution in [-0.4, -0.2) is 16.6 Å². The number of nitrogens with zero attached hydrogens (tertiary/aromatic N) is 1. The highest BCUT2D eigenvalue weighted by atomic mass is 32.2. The van der Waals surface area contributed by atoms with Gasteiger partial charge >= 0.3 is 5.97 Å². The Labute approximate surface area is 138 Å². The first-order valence-corrected chi connectivity index (χ1v) is 8.10. The molecule has 23 heavy (non-hydrogen) atoms. The number of benzene rings is 2. The number of para-hydroxylation sites is 1. The van der Waals surface area contributed by atoms with Crippen LogP contribution >= 0.6 is 11.8 Å². The van der Waals surface area contributed by atoms with E-state index in [1.165, 1.54) is 23.9 Å². The van der Waals surface area contributed by atoms with Crippen molar-refractivity contribution >= 4 is 23.4 Å². The molecule has 0 amide bonds. The highest BCUT2D eigenvalue weighted by Gasteiger charge is 2.10. The van der Waals surface area contributed by atoms with E-state index in [-0.39, 0.29) is 18.1 Å². The molecule has 0 saturated carbocycles. The Morgan fingerprint density at radius 1 is 1.13 bits per heavy atom. The number of rotatable bonds is 6. The van der Waals surface area contributed by atoms with E-state index in [0.717, 1.165) is 16.0 Å². The molecule has 6 heteroatoms. The number of hydrogen-bond acceptors (Lipinski definition) is 5. The summed E-state index contributed by atoms with van der Waals surface area (Å²) in [6.07, 6.45) is 0.273. The maximum Gasteiger partial charge on any atom is 0.312 e. The molecule has 0 radical (unpaired) electrons. The van der Waals surface area contributed by atoms with Gasteiger partial charge in [-0.2, -0.15) is 0 Å². The van der Waals surface area contributed by atoms with E-state index in [1.807, 2.05) is 32.0 Å². The molecule has 0 fully saturated rings. The zero-order chi connectivity index (χ0) is 16.8. The molecule has 0 N–H and O–H groups in total. The van der Waals surface area contributed by atoms with Gasteiger partial charge in [-0.05, 0) is 37.1 Å². The van der Waals surface area contributed by atoms with Crippen LogP contribution in [0.2, 0.25) is 0 Å². The average molecular weight is 331 g/mol. The summed E-state index contributed by atoms with van der Waals surface area (Å²) in [5.41, 5.74) is 1.92. The van der Waals surface area contributed by atoms with Gasteiger partial charge in [0.15, 0.2) is 0 Å². The summed E-state index contributed by atoms with van der Waals surface area (Å²) in [6, 6.07) is 12.0. The number of esters is 1. The van der Waals surface area contributed by atoms with Crippen LogP contribution in [0.15, 0.2) is 47.4 Å². The minimum atomic E-state index is -0.434. The second-order valence-corrected chi connectivity index (χ2v) is 6.21. The van der Waals surface area contributed by atoms with E-state index in [4.69, 9.17) is 4.74 Å². The van der Waals surface area contributed by atoms with Crippen molar-refractivity contribution in [3.05, 3.63) is 63.7 Å². The second-order valence-electron chi connectivity index (χ2n) is 5.04. The first-order chi connectivity index (χ1) is 11.0. The average Bonchev–Trinajstić information content (AvgIpc) is 2.51. The SMILES string of the molecule is Cc1cccc(C)c1OC(=O)CCSc1ccc([N+](=O)[O-])cc1. The molecule has 5 nitrogen and oxygen atoms in total. The number of carbonyl (C=O) groups is 1. The number of non-ortho nitro benzene ring substituents is 1. The Balaban J connectivity index is 1.84. The first-order valence-electron chi connectivity index (χ1n) is 7.11. The molecule has 0 bridgehead atoms. The van der Waals surface area contributed by atoms with Gasteiger partial charge in [0.05, 0.1) is 11.3 Å². The molecule has 0 unspecified atom stereocenters. The number of hydrogen-bond donors (Lipinski definition) is 0. The smallest absolute Gasteiger partial charge is 0.312 e. The van der Waals surface area contributed by atoms with Crippen LogP contribution in [0.4, 0.5) is 5.69 Å². The lowest BCUT2D eigenvalue weighted by molar-refractivity contribution is -0.384. The molecule has 2 aromatic carbocycles. The van der Waals surface area contributed by atoms with E-state index >= 15 is 0 Å². The van der Waals surface area contributed by atoms with Crippen molar-refractivity contribution in [1.29, 1.82) is 0 Å². The van der Waals surface area contributed by atoms with Crippen molar-refractivity contribution in [1.82, 2.24) is 0 Å². The highest BCUT2D eigenvalue weighted by molar-refractivity contribution is 7.99. The van der Waals surface area contributed by atoms with Gasteiger partial charge in [0.2, 0.25) is 0 Å². The van der Waals surface area contributed by atoms with Crippen molar-refractivity contribution in [2.75, 3.05) is 5.75 Å². The predicted octanol–water partition coefficient (Wildman–Crippen LogP) is 4.30. The van der Waals surface area contributed by atoms with Crippen LogP contribution < -0.4 is 4.74 Å². The zero-order valence-corrected chi connectivity index (χ0v) is 13.8. The summed E-state index contributed by atoms with van der Waals surface area (Å²) in [7, 11) is 0. The number of thioether (sulfide) groups is 1. The summed E-state index contributed by atoms with van der Waals surface area (Å²) >= 11 is 1.46. The van der Waals surface area contributed by atoms with E-state index in [0.29, 0.717) is 11.5 Å². The second kappa shape index (κ2) is 7.78. The molecular formula is C17H17NO4S. The van der Waals surface area contributed by atoms with Crippen LogP contribution in [0.25, 0.3) is 0 Å². The molecule has 2 aromatic rings. The summed E-state index contributed by atoms with van der Waals surface area (Å²) in [5, 5.41) is 10.6. The standard InChI is InChI=1S/C17H17NO4S/c1-12-4-3-5-13(2)17(12)22-16(19)10-11-23-15-8-6-14(7-9-15)18(20)21/h3-9H,10-11H2,1-2H3. The molecule has 0 heterocycles. The summed E-state index contributed by atoms with van der Waals surface area (Å²) in [6.45, 7) is 3.81. The quantitative estimate of drug-likeness (QED) is 0.259. The summed E-state index contributed by atoms with van der Waals surface area (Å²) in [5.74, 6) is 0.899. The fourth-order valence-corrected chi connectivity index (χ4v) is 2.87. The molecular weight excluding hydrogens is 314 g/mol. The summed E-state index contributed by atoms with van der Waals surface area (Å²) in [4.78, 5) is 23.0. The lowest BCUT2D eigenvalue weighted by Crippen LogP contribution is -2.10. The van der Waals surface area contributed by atoms with Crippen LogP contribution in [0.3, 0.4) is 0 Å². The molecule has 0 aliphatic rings. The molecule has 0 aliphatic heterocycles. The first kappa shape index (κ1) is 17.0. The third-order valence-corrected chi connectivity index (χ3v) is 4.26. The lowest BCUT2D eigenvalue weighted by atomic mass is 10.1. The Kier molecular flexibility index (Phi) is 5.76. The van der Waals surface area contributed by atoms with E-state index in [9.17, 15) is 14.9 Å². The van der Waals surface area contributed by atoms with Gasteiger partial charge in [0.25, 0.3) is 5.69 Å². The van der Waals surface area contributed by atoms with Gasteiger partial charge in [-0.25, -0.2) is 0 Å². The number of ether oxygens (including phenoxy) is 1. The Bertz CT molecular complexity index is 693. The normalized spacial score (nSPS) is 10.3. The third kappa shape index (κ3) is 4.82. The van der Waals surface area contributed by atoms with Crippen LogP contribution in [-0.2, 0) is 4.79 Å². The fraction of sp³-hybridized carbons (Fsp3) is 0.235. The minimum Gasteiger partial charge on any atom is -0.426 e. The minimum absolute atomic E-state index is 0.0591. The number of carbonyl (C=O) groups excluding carboxylic acids is 1. The zero-order valence-electron chi connectivity index (χ0n) is 12.9. The van der Waals surface area contributed by atoms with Crippen molar-refractivity contribution in [3.8, 4) is 5.75 Å². The van der Waals surface area contributed by atoms with Crippen molar-refractivity contribution in [2.45, 2.75) is 25.2 Å². The number of nitro benzene ring substituents is 1. The Morgan fingerprint density at radius 2 is 1.74 bits per heavy atom. The highest BCUT2D eigenvalue weighted by Crippen LogP contribution is 2.24. The maximum absolute atomic E-state index is 11.9. The summed E-state index contributed by atoms with van der Waals surface area (Å²) < 4.78 is 5.42. The van der Waals surface area contributed by atoms with E-state index < -0.39 is 4.92 Å². The van der Waals surface area contributed by atoms with Crippen LogP contribution in [0.1, 0.15) is 17.5 Å². The largest absolute Gasteiger partial charge is 0.426 e. The number of aryl methyl sites for hydroxylation is 2. The molecule has 0 atom stereocenters. The van der Waals surface area contributed by atoms with E-state index in [1.54, 1.807) is 12.1 Å². The molecule has 0 aliphatic carbocycles. The number of nitro groups is 1. The van der Waals surface area contributed by atoms with Gasteiger partial charge in [0.1, 0.15) is 5.75 Å². The molecule has 0 aromatic heterocycles. The van der Waals surface area contributed by atoms with E-state index in [2.05, 4.69) is 0 Å². The van der Waals surface area contributed by atoms with Crippen molar-refractivity contribution in [3.63, 3.8) is 0 Å². The fourth-order valence-electron chi connectivity index (χ4n) is 2.04. The molecule has 120 valence electrons. The van der Waals surface area contributed by atoms with Gasteiger partial charge in [0, 0.05) is 22.8 Å². The molecule has 0 spiro atoms. The van der Waals surface area contributed by atoms with Gasteiger partial charge < -0.3 is 4.74 Å². The van der Waals surface area contributed by atoms with Crippen molar-refractivity contribution < 1.29 is 14.5 Å². The third-order valence-electron chi connectivity index (χ3n) is 3.25. The maximum atomic E-state index is 11.9. The lowest BCUT2D eigenvalue weighted by Gasteiger charge is -2.10. The monoisotopic (exact) mass is 331 g/mol. The van der Waals surface area contributed by atoms with Crippen molar-refractivity contribution in [2.24, 2.45) is 0 Å². The topological polar surface area (TPSA) is 69.4 Å². The molecule has 0 saturated heterocycles. The Hall–Kier alpha value is -2.34. The van der Waals surface area contributed by atoms with Crippen LogP contribution in [0, 0.1) is 24.0 Å². The van der Waals surface area contributed by atoms with Gasteiger partial charge in [-0.15, -0.1) is 11.8 Å². The van der Waals surface area contributed by atoms with Gasteiger partial charge in [-0.1, -0.05) is 18.2 Å². The van der Waals surface area contributed by atoms with Crippen LogP contribution in [0.5, 0.6) is 5.75 Å².